The van der Waals surface area contributed by atoms with Gasteiger partial charge in [-0.1, -0.05) is 18.6 Å². The predicted molar refractivity (Wildman–Crippen MR) is 111 cm³/mol. The summed E-state index contributed by atoms with van der Waals surface area (Å²) in [7, 11) is 0. The number of hydrogen-bond acceptors (Lipinski definition) is 6. The van der Waals surface area contributed by atoms with Gasteiger partial charge < -0.3 is 9.64 Å². The van der Waals surface area contributed by atoms with E-state index < -0.39 is 0 Å². The molecular weight excluding hydrogens is 364 g/mol. The Balaban J connectivity index is 1.31. The van der Waals surface area contributed by atoms with E-state index in [4.69, 9.17) is 4.74 Å². The number of aryl methyl sites for hydroxylation is 1. The minimum absolute atomic E-state index is 0.236. The maximum absolute atomic E-state index is 6.48. The van der Waals surface area contributed by atoms with Crippen LogP contribution in [0.5, 0.6) is 0 Å². The largest absolute Gasteiger partial charge is 0.376 e. The van der Waals surface area contributed by atoms with Crippen molar-refractivity contribution in [3.8, 4) is 0 Å². The second-order valence-corrected chi connectivity index (χ2v) is 9.15. The van der Waals surface area contributed by atoms with Crippen LogP contribution < -0.4 is 4.90 Å². The maximum Gasteiger partial charge on any atom is 0.151 e. The molecular formula is C22H32N6O. The molecule has 3 heterocycles. The van der Waals surface area contributed by atoms with E-state index in [1.54, 1.807) is 6.20 Å². The van der Waals surface area contributed by atoms with Gasteiger partial charge >= 0.3 is 0 Å². The summed E-state index contributed by atoms with van der Waals surface area (Å²) in [5.41, 5.74) is 1.11. The molecule has 2 saturated carbocycles. The molecule has 2 aromatic rings. The summed E-state index contributed by atoms with van der Waals surface area (Å²) in [6.45, 7) is 5.23. The lowest BCUT2D eigenvalue weighted by molar-refractivity contribution is -0.0375. The first-order chi connectivity index (χ1) is 14.3. The monoisotopic (exact) mass is 396 g/mol. The first kappa shape index (κ1) is 19.0. The second-order valence-electron chi connectivity index (χ2n) is 9.15. The van der Waals surface area contributed by atoms with Gasteiger partial charge in [0.2, 0.25) is 0 Å². The standard InChI is InChI=1S/C22H32N6O/c1-2-3-5-19-14-28(26-24-19)20-10-17-12-27(22-6-4-9-23-25-22)13-18(17)11-21(20)29-15-16-7-8-16/h4,6,9,14,16-18,20-21H,2-3,5,7-8,10-13,15H2,1H3/t17-,18+,20-,21-/m1/s1. The number of aromatic nitrogens is 5. The highest BCUT2D eigenvalue weighted by Gasteiger charge is 2.44. The van der Waals surface area contributed by atoms with Gasteiger partial charge in [-0.15, -0.1) is 10.2 Å². The highest BCUT2D eigenvalue weighted by molar-refractivity contribution is 5.38. The summed E-state index contributed by atoms with van der Waals surface area (Å²) in [6, 6.07) is 4.34. The molecule has 0 aromatic carbocycles. The van der Waals surface area contributed by atoms with Gasteiger partial charge in [0.05, 0.1) is 17.8 Å². The van der Waals surface area contributed by atoms with E-state index in [-0.39, 0.29) is 6.10 Å². The number of unbranched alkanes of at least 4 members (excludes halogenated alkanes) is 1. The predicted octanol–water partition coefficient (Wildman–Crippen LogP) is 3.29. The van der Waals surface area contributed by atoms with Crippen molar-refractivity contribution >= 4 is 5.82 Å². The summed E-state index contributed by atoms with van der Waals surface area (Å²) in [5, 5.41) is 17.4. The van der Waals surface area contributed by atoms with Crippen LogP contribution in [0.4, 0.5) is 5.82 Å². The molecule has 3 aliphatic rings. The van der Waals surface area contributed by atoms with Gasteiger partial charge in [0.25, 0.3) is 0 Å². The molecule has 29 heavy (non-hydrogen) atoms. The molecule has 2 aromatic heterocycles. The summed E-state index contributed by atoms with van der Waals surface area (Å²) in [4.78, 5) is 2.40. The average molecular weight is 397 g/mol. The molecule has 7 nitrogen and oxygen atoms in total. The number of ether oxygens (including phenoxy) is 1. The van der Waals surface area contributed by atoms with E-state index in [9.17, 15) is 0 Å². The Morgan fingerprint density at radius 3 is 2.76 bits per heavy atom. The van der Waals surface area contributed by atoms with Gasteiger partial charge in [-0.25, -0.2) is 4.68 Å². The lowest BCUT2D eigenvalue weighted by Gasteiger charge is -2.37. The fraction of sp³-hybridized carbons (Fsp3) is 0.727. The molecule has 0 unspecified atom stereocenters. The van der Waals surface area contributed by atoms with Crippen molar-refractivity contribution < 1.29 is 4.74 Å². The van der Waals surface area contributed by atoms with E-state index in [0.717, 1.165) is 56.4 Å². The molecule has 3 fully saturated rings. The third kappa shape index (κ3) is 4.29. The number of nitrogens with zero attached hydrogens (tertiary/aromatic N) is 6. The molecule has 156 valence electrons. The van der Waals surface area contributed by atoms with Crippen molar-refractivity contribution in [3.05, 3.63) is 30.2 Å². The van der Waals surface area contributed by atoms with E-state index in [1.165, 1.54) is 25.7 Å². The summed E-state index contributed by atoms with van der Waals surface area (Å²) >= 11 is 0. The number of hydrogen-bond donors (Lipinski definition) is 0. The molecule has 2 aliphatic carbocycles. The van der Waals surface area contributed by atoms with Crippen molar-refractivity contribution in [1.29, 1.82) is 0 Å². The minimum Gasteiger partial charge on any atom is -0.376 e. The molecule has 0 N–H and O–H groups in total. The van der Waals surface area contributed by atoms with Gasteiger partial charge in [0.1, 0.15) is 0 Å². The van der Waals surface area contributed by atoms with E-state index in [1.807, 2.05) is 6.07 Å². The minimum atomic E-state index is 0.236. The van der Waals surface area contributed by atoms with Crippen molar-refractivity contribution in [3.63, 3.8) is 0 Å². The zero-order valence-electron chi connectivity index (χ0n) is 17.4. The quantitative estimate of drug-likeness (QED) is 0.682. The van der Waals surface area contributed by atoms with Crippen LogP contribution >= 0.6 is 0 Å². The van der Waals surface area contributed by atoms with Crippen molar-refractivity contribution in [2.75, 3.05) is 24.6 Å². The SMILES string of the molecule is CCCCc1cn([C@@H]2C[C@@H]3CN(c4cccnn4)C[C@@H]3C[C@H]2OCC2CC2)nn1. The smallest absolute Gasteiger partial charge is 0.151 e. The molecule has 4 atom stereocenters. The molecule has 0 spiro atoms. The number of fused-ring (bicyclic) bond motifs is 1. The third-order valence-corrected chi connectivity index (χ3v) is 6.89. The molecule has 1 aliphatic heterocycles. The Labute approximate surface area is 172 Å². The fourth-order valence-electron chi connectivity index (χ4n) is 4.99. The highest BCUT2D eigenvalue weighted by atomic mass is 16.5. The Morgan fingerprint density at radius 2 is 2.00 bits per heavy atom. The van der Waals surface area contributed by atoms with Crippen molar-refractivity contribution in [1.82, 2.24) is 25.2 Å². The average Bonchev–Trinajstić information content (AvgIpc) is 3.31. The molecule has 0 bridgehead atoms. The third-order valence-electron chi connectivity index (χ3n) is 6.89. The first-order valence-corrected chi connectivity index (χ1v) is 11.3. The van der Waals surface area contributed by atoms with Gasteiger partial charge in [-0.2, -0.15) is 5.10 Å². The summed E-state index contributed by atoms with van der Waals surface area (Å²) in [5.74, 6) is 3.08. The molecule has 7 heteroatoms. The summed E-state index contributed by atoms with van der Waals surface area (Å²) in [6.07, 6.45) is 12.4. The Kier molecular flexibility index (Phi) is 5.48. The second kappa shape index (κ2) is 8.38. The van der Waals surface area contributed by atoms with Gasteiger partial charge in [0.15, 0.2) is 5.82 Å². The Bertz CT molecular complexity index is 792. The van der Waals surface area contributed by atoms with Crippen LogP contribution in [0.25, 0.3) is 0 Å². The lowest BCUT2D eigenvalue weighted by atomic mass is 9.77. The molecule has 0 amide bonds. The summed E-state index contributed by atoms with van der Waals surface area (Å²) < 4.78 is 8.59. The van der Waals surface area contributed by atoms with Gasteiger partial charge in [-0.3, -0.25) is 0 Å². The zero-order valence-corrected chi connectivity index (χ0v) is 17.4. The van der Waals surface area contributed by atoms with Crippen molar-refractivity contribution in [2.24, 2.45) is 17.8 Å². The number of anilines is 1. The molecule has 0 radical (unpaired) electrons. The van der Waals surface area contributed by atoms with Crippen LogP contribution in [0.2, 0.25) is 0 Å². The maximum atomic E-state index is 6.48. The normalized spacial score (nSPS) is 29.2. The van der Waals surface area contributed by atoms with Crippen LogP contribution in [0.3, 0.4) is 0 Å². The fourth-order valence-corrected chi connectivity index (χ4v) is 4.99. The van der Waals surface area contributed by atoms with Crippen LogP contribution in [0.1, 0.15) is 57.2 Å². The lowest BCUT2D eigenvalue weighted by Crippen LogP contribution is -2.38. The van der Waals surface area contributed by atoms with Crippen LogP contribution in [0, 0.1) is 17.8 Å². The van der Waals surface area contributed by atoms with Crippen LogP contribution in [0.15, 0.2) is 24.5 Å². The Hall–Kier alpha value is -2.02. The number of rotatable bonds is 8. The van der Waals surface area contributed by atoms with E-state index in [0.29, 0.717) is 17.9 Å². The van der Waals surface area contributed by atoms with Gasteiger partial charge in [-0.05, 0) is 68.4 Å². The Morgan fingerprint density at radius 1 is 1.14 bits per heavy atom. The topological polar surface area (TPSA) is 69.0 Å². The first-order valence-electron chi connectivity index (χ1n) is 11.3. The van der Waals surface area contributed by atoms with E-state index in [2.05, 4.69) is 49.3 Å². The van der Waals surface area contributed by atoms with Gasteiger partial charge in [0, 0.05) is 32.1 Å². The van der Waals surface area contributed by atoms with E-state index >= 15 is 0 Å². The van der Waals surface area contributed by atoms with Crippen LogP contribution in [-0.4, -0.2) is 51.0 Å². The van der Waals surface area contributed by atoms with Crippen molar-refractivity contribution in [2.45, 2.75) is 64.0 Å². The van der Waals surface area contributed by atoms with Crippen LogP contribution in [-0.2, 0) is 11.2 Å². The molecule has 5 rings (SSSR count). The zero-order chi connectivity index (χ0) is 19.6. The highest BCUT2D eigenvalue weighted by Crippen LogP contribution is 2.44. The molecule has 1 saturated heterocycles.